The largest absolute Gasteiger partial charge is 0.369 e. The molecular weight excluding hydrogens is 406 g/mol. The molecule has 0 spiro atoms. The highest BCUT2D eigenvalue weighted by Crippen LogP contribution is 2.26. The predicted molar refractivity (Wildman–Crippen MR) is 123 cm³/mol. The lowest BCUT2D eigenvalue weighted by molar-refractivity contribution is 0.242. The number of aromatic nitrogens is 5. The van der Waals surface area contributed by atoms with Crippen LogP contribution < -0.4 is 4.90 Å². The molecule has 8 heteroatoms. The van der Waals surface area contributed by atoms with Crippen LogP contribution in [0.5, 0.6) is 0 Å². The number of benzene rings is 2. The quantitative estimate of drug-likeness (QED) is 0.436. The van der Waals surface area contributed by atoms with Crippen molar-refractivity contribution in [3.63, 3.8) is 0 Å². The van der Waals surface area contributed by atoms with Crippen LogP contribution in [0.4, 0.5) is 5.69 Å². The maximum absolute atomic E-state index is 4.79. The van der Waals surface area contributed by atoms with E-state index in [0.717, 1.165) is 65.1 Å². The van der Waals surface area contributed by atoms with Gasteiger partial charge in [-0.05, 0) is 24.3 Å². The molecule has 154 valence electrons. The number of pyridine rings is 1. The fraction of sp³-hybridized carbons (Fsp3) is 0.217. The molecule has 0 radical (unpaired) electrons. The van der Waals surface area contributed by atoms with Crippen molar-refractivity contribution in [3.05, 3.63) is 72.6 Å². The Morgan fingerprint density at radius 2 is 1.61 bits per heavy atom. The van der Waals surface area contributed by atoms with Crippen molar-refractivity contribution in [1.29, 1.82) is 0 Å². The van der Waals surface area contributed by atoms with Crippen molar-refractivity contribution >= 4 is 32.9 Å². The molecular formula is C23H21N7S. The molecule has 6 rings (SSSR count). The zero-order chi connectivity index (χ0) is 20.6. The first kappa shape index (κ1) is 18.4. The van der Waals surface area contributed by atoms with E-state index in [1.54, 1.807) is 0 Å². The number of piperazine rings is 1. The molecule has 0 unspecified atom stereocenters. The Morgan fingerprint density at radius 3 is 2.48 bits per heavy atom. The van der Waals surface area contributed by atoms with Crippen LogP contribution in [0.3, 0.4) is 0 Å². The number of para-hydroxylation sites is 2. The number of fused-ring (bicyclic) bond motifs is 2. The SMILES string of the molecule is c1ccc(N2CCN(Cc3nnc4sc(-c5ccc6ccccc6n5)nn34)CC2)cc1. The summed E-state index contributed by atoms with van der Waals surface area (Å²) < 4.78 is 1.88. The van der Waals surface area contributed by atoms with Gasteiger partial charge >= 0.3 is 0 Å². The smallest absolute Gasteiger partial charge is 0.235 e. The van der Waals surface area contributed by atoms with Gasteiger partial charge in [0.1, 0.15) is 5.69 Å². The number of nitrogens with zero attached hydrogens (tertiary/aromatic N) is 7. The third-order valence-corrected chi connectivity index (χ3v) is 6.65. The number of hydrogen-bond acceptors (Lipinski definition) is 7. The molecule has 31 heavy (non-hydrogen) atoms. The molecule has 1 saturated heterocycles. The van der Waals surface area contributed by atoms with Gasteiger partial charge in [-0.25, -0.2) is 4.98 Å². The summed E-state index contributed by atoms with van der Waals surface area (Å²) in [4.78, 5) is 10.4. The van der Waals surface area contributed by atoms with E-state index in [4.69, 9.17) is 10.1 Å². The molecule has 0 bridgehead atoms. The van der Waals surface area contributed by atoms with Gasteiger partial charge in [0.05, 0.1) is 12.1 Å². The van der Waals surface area contributed by atoms with Crippen molar-refractivity contribution in [3.8, 4) is 10.7 Å². The summed E-state index contributed by atoms with van der Waals surface area (Å²) in [5, 5.41) is 15.5. The van der Waals surface area contributed by atoms with Crippen LogP contribution in [-0.2, 0) is 6.54 Å². The fourth-order valence-electron chi connectivity index (χ4n) is 4.05. The van der Waals surface area contributed by atoms with Gasteiger partial charge in [-0.2, -0.15) is 9.61 Å². The van der Waals surface area contributed by atoms with E-state index >= 15 is 0 Å². The van der Waals surface area contributed by atoms with Crippen molar-refractivity contribution in [1.82, 2.24) is 29.7 Å². The molecule has 0 saturated carbocycles. The summed E-state index contributed by atoms with van der Waals surface area (Å²) >= 11 is 1.53. The third kappa shape index (κ3) is 3.54. The van der Waals surface area contributed by atoms with E-state index in [9.17, 15) is 0 Å². The van der Waals surface area contributed by atoms with Crippen LogP contribution in [0.1, 0.15) is 5.82 Å². The Kier molecular flexibility index (Phi) is 4.58. The molecule has 0 atom stereocenters. The number of rotatable bonds is 4. The van der Waals surface area contributed by atoms with Crippen molar-refractivity contribution in [2.75, 3.05) is 31.1 Å². The minimum atomic E-state index is 0.748. The van der Waals surface area contributed by atoms with Gasteiger partial charge in [-0.3, -0.25) is 4.90 Å². The van der Waals surface area contributed by atoms with E-state index < -0.39 is 0 Å². The topological polar surface area (TPSA) is 62.5 Å². The molecule has 1 fully saturated rings. The molecule has 3 aromatic heterocycles. The zero-order valence-corrected chi connectivity index (χ0v) is 17.7. The van der Waals surface area contributed by atoms with Crippen LogP contribution >= 0.6 is 11.3 Å². The fourth-order valence-corrected chi connectivity index (χ4v) is 4.88. The average Bonchev–Trinajstić information content (AvgIpc) is 3.42. The summed E-state index contributed by atoms with van der Waals surface area (Å²) in [5.74, 6) is 0.881. The van der Waals surface area contributed by atoms with Gasteiger partial charge < -0.3 is 4.90 Å². The van der Waals surface area contributed by atoms with E-state index in [0.29, 0.717) is 0 Å². The van der Waals surface area contributed by atoms with Crippen molar-refractivity contribution in [2.24, 2.45) is 0 Å². The monoisotopic (exact) mass is 427 g/mol. The standard InChI is InChI=1S/C23H21N7S/c1-2-7-18(8-3-1)29-14-12-28(13-15-29)16-21-25-26-23-30(21)27-22(31-23)20-11-10-17-6-4-5-9-19(17)24-20/h1-11H,12-16H2. The Hall–Kier alpha value is -3.36. The molecule has 5 aromatic rings. The number of hydrogen-bond donors (Lipinski definition) is 0. The zero-order valence-electron chi connectivity index (χ0n) is 16.9. The van der Waals surface area contributed by atoms with Gasteiger partial charge in [0.15, 0.2) is 10.8 Å². The van der Waals surface area contributed by atoms with Crippen molar-refractivity contribution < 1.29 is 0 Å². The lowest BCUT2D eigenvalue weighted by atomic mass is 10.2. The second-order valence-corrected chi connectivity index (χ2v) is 8.66. The van der Waals surface area contributed by atoms with Crippen LogP contribution in [0.25, 0.3) is 26.6 Å². The van der Waals surface area contributed by atoms with Crippen LogP contribution in [0.2, 0.25) is 0 Å². The van der Waals surface area contributed by atoms with Gasteiger partial charge in [-0.1, -0.05) is 53.8 Å². The summed E-state index contributed by atoms with van der Waals surface area (Å²) in [7, 11) is 0. The molecule has 1 aliphatic heterocycles. The Bertz CT molecular complexity index is 1340. The highest BCUT2D eigenvalue weighted by Gasteiger charge is 2.21. The lowest BCUT2D eigenvalue weighted by Crippen LogP contribution is -2.46. The first-order chi connectivity index (χ1) is 15.3. The van der Waals surface area contributed by atoms with E-state index in [2.05, 4.69) is 62.5 Å². The maximum Gasteiger partial charge on any atom is 0.235 e. The van der Waals surface area contributed by atoms with Gasteiger partial charge in [-0.15, -0.1) is 10.2 Å². The highest BCUT2D eigenvalue weighted by atomic mass is 32.1. The molecule has 0 amide bonds. The molecule has 4 heterocycles. The first-order valence-electron chi connectivity index (χ1n) is 10.4. The number of anilines is 1. The van der Waals surface area contributed by atoms with Gasteiger partial charge in [0, 0.05) is 37.3 Å². The van der Waals surface area contributed by atoms with Crippen molar-refractivity contribution in [2.45, 2.75) is 6.54 Å². The maximum atomic E-state index is 4.79. The van der Waals surface area contributed by atoms with Gasteiger partial charge in [0.2, 0.25) is 4.96 Å². The van der Waals surface area contributed by atoms with Gasteiger partial charge in [0.25, 0.3) is 0 Å². The second kappa shape index (κ2) is 7.72. The minimum absolute atomic E-state index is 0.748. The Morgan fingerprint density at radius 1 is 0.806 bits per heavy atom. The van der Waals surface area contributed by atoms with Crippen LogP contribution in [-0.4, -0.2) is 55.9 Å². The molecule has 7 nitrogen and oxygen atoms in total. The molecule has 2 aromatic carbocycles. The molecule has 0 N–H and O–H groups in total. The van der Waals surface area contributed by atoms with E-state index in [-0.39, 0.29) is 0 Å². The summed E-state index contributed by atoms with van der Waals surface area (Å²) in [6.07, 6.45) is 0. The molecule has 1 aliphatic rings. The summed E-state index contributed by atoms with van der Waals surface area (Å²) in [6, 6.07) is 22.9. The van der Waals surface area contributed by atoms with E-state index in [1.807, 2.05) is 28.8 Å². The lowest BCUT2D eigenvalue weighted by Gasteiger charge is -2.35. The Labute approximate surface area is 183 Å². The predicted octanol–water partition coefficient (Wildman–Crippen LogP) is 3.72. The van der Waals surface area contributed by atoms with Crippen LogP contribution in [0.15, 0.2) is 66.7 Å². The summed E-state index contributed by atoms with van der Waals surface area (Å²) in [6.45, 7) is 4.75. The summed E-state index contributed by atoms with van der Waals surface area (Å²) in [5.41, 5.74) is 3.14. The minimum Gasteiger partial charge on any atom is -0.369 e. The second-order valence-electron chi connectivity index (χ2n) is 7.71. The average molecular weight is 428 g/mol. The Balaban J connectivity index is 1.20. The third-order valence-electron chi connectivity index (χ3n) is 5.73. The first-order valence-corrected chi connectivity index (χ1v) is 11.2. The van der Waals surface area contributed by atoms with Crippen LogP contribution in [0, 0.1) is 0 Å². The molecule has 0 aliphatic carbocycles. The highest BCUT2D eigenvalue weighted by molar-refractivity contribution is 7.19. The van der Waals surface area contributed by atoms with E-state index in [1.165, 1.54) is 17.0 Å². The normalized spacial score (nSPS) is 15.2.